The van der Waals surface area contributed by atoms with Crippen LogP contribution in [-0.2, 0) is 12.8 Å². The molecule has 1 heterocycles. The van der Waals surface area contributed by atoms with Gasteiger partial charge in [-0.15, -0.1) is 12.4 Å². The van der Waals surface area contributed by atoms with E-state index in [1.807, 2.05) is 24.3 Å². The first-order valence-corrected chi connectivity index (χ1v) is 7.96. The molecule has 0 spiro atoms. The van der Waals surface area contributed by atoms with Crippen molar-refractivity contribution in [3.63, 3.8) is 0 Å². The zero-order valence-electron chi connectivity index (χ0n) is 13.1. The van der Waals surface area contributed by atoms with Crippen LogP contribution in [0.2, 0.25) is 0 Å². The zero-order chi connectivity index (χ0) is 15.2. The number of hydrogen-bond acceptors (Lipinski definition) is 2. The summed E-state index contributed by atoms with van der Waals surface area (Å²) in [5, 5.41) is 6.41. The number of carbonyl (C=O) groups excluding carboxylic acids is 1. The molecule has 23 heavy (non-hydrogen) atoms. The third-order valence-electron chi connectivity index (χ3n) is 4.18. The number of amides is 1. The molecule has 1 fully saturated rings. The molecule has 1 saturated heterocycles. The Morgan fingerprint density at radius 3 is 2.52 bits per heavy atom. The molecule has 3 nitrogen and oxygen atoms in total. The smallest absolute Gasteiger partial charge is 0.251 e. The van der Waals surface area contributed by atoms with Gasteiger partial charge in [-0.1, -0.05) is 48.5 Å². The van der Waals surface area contributed by atoms with E-state index in [9.17, 15) is 4.79 Å². The second kappa shape index (κ2) is 8.70. The van der Waals surface area contributed by atoms with E-state index < -0.39 is 0 Å². The van der Waals surface area contributed by atoms with Crippen molar-refractivity contribution >= 4 is 18.3 Å². The Morgan fingerprint density at radius 2 is 1.78 bits per heavy atom. The van der Waals surface area contributed by atoms with Gasteiger partial charge in [-0.3, -0.25) is 4.79 Å². The first-order chi connectivity index (χ1) is 10.8. The van der Waals surface area contributed by atoms with Gasteiger partial charge in [0.05, 0.1) is 0 Å². The summed E-state index contributed by atoms with van der Waals surface area (Å²) in [5.41, 5.74) is 3.23. The quantitative estimate of drug-likeness (QED) is 0.885. The van der Waals surface area contributed by atoms with Crippen LogP contribution in [0.5, 0.6) is 0 Å². The van der Waals surface area contributed by atoms with Crippen molar-refractivity contribution in [2.45, 2.75) is 25.3 Å². The third kappa shape index (κ3) is 4.81. The summed E-state index contributed by atoms with van der Waals surface area (Å²) in [7, 11) is 0. The van der Waals surface area contributed by atoms with Gasteiger partial charge in [0.15, 0.2) is 0 Å². The number of carbonyl (C=O) groups is 1. The van der Waals surface area contributed by atoms with Crippen LogP contribution < -0.4 is 10.6 Å². The van der Waals surface area contributed by atoms with Gasteiger partial charge in [0, 0.05) is 18.2 Å². The molecule has 0 saturated carbocycles. The van der Waals surface area contributed by atoms with Crippen LogP contribution in [0.3, 0.4) is 0 Å². The molecule has 1 aliphatic rings. The first-order valence-electron chi connectivity index (χ1n) is 7.96. The van der Waals surface area contributed by atoms with Gasteiger partial charge in [-0.05, 0) is 43.0 Å². The van der Waals surface area contributed by atoms with Gasteiger partial charge >= 0.3 is 0 Å². The summed E-state index contributed by atoms with van der Waals surface area (Å²) in [6.07, 6.45) is 2.85. The Labute approximate surface area is 143 Å². The predicted molar refractivity (Wildman–Crippen MR) is 96.3 cm³/mol. The Balaban J connectivity index is 0.00000192. The van der Waals surface area contributed by atoms with Crippen molar-refractivity contribution < 1.29 is 4.79 Å². The van der Waals surface area contributed by atoms with Crippen molar-refractivity contribution in [3.8, 4) is 0 Å². The fourth-order valence-electron chi connectivity index (χ4n) is 2.92. The lowest BCUT2D eigenvalue weighted by Gasteiger charge is -2.14. The standard InChI is InChI=1S/C19H22N2O.ClH/c22-19(21-17-12-13-20-14-17)18-9-5-4-8-16(18)11-10-15-6-2-1-3-7-15;/h1-9,17,20H,10-14H2,(H,21,22);1H. The Kier molecular flexibility index (Phi) is 6.63. The maximum absolute atomic E-state index is 12.5. The lowest BCUT2D eigenvalue weighted by molar-refractivity contribution is 0.0939. The Hall–Kier alpha value is -1.84. The Morgan fingerprint density at radius 1 is 1.04 bits per heavy atom. The second-order valence-electron chi connectivity index (χ2n) is 5.81. The summed E-state index contributed by atoms with van der Waals surface area (Å²) in [4.78, 5) is 12.5. The minimum Gasteiger partial charge on any atom is -0.348 e. The number of rotatable bonds is 5. The molecule has 0 aliphatic carbocycles. The van der Waals surface area contributed by atoms with Gasteiger partial charge in [0.2, 0.25) is 0 Å². The molecule has 1 aliphatic heterocycles. The molecule has 2 N–H and O–H groups in total. The molecule has 2 aromatic carbocycles. The van der Waals surface area contributed by atoms with E-state index >= 15 is 0 Å². The summed E-state index contributed by atoms with van der Waals surface area (Å²) < 4.78 is 0. The van der Waals surface area contributed by atoms with Crippen LogP contribution in [0.15, 0.2) is 54.6 Å². The SMILES string of the molecule is Cl.O=C(NC1CCNC1)c1ccccc1CCc1ccccc1. The van der Waals surface area contributed by atoms with Crippen molar-refractivity contribution in [1.29, 1.82) is 0 Å². The van der Waals surface area contributed by atoms with Gasteiger partial charge in [0.25, 0.3) is 5.91 Å². The molecule has 1 amide bonds. The van der Waals surface area contributed by atoms with Crippen LogP contribution in [0.25, 0.3) is 0 Å². The number of hydrogen-bond donors (Lipinski definition) is 2. The van der Waals surface area contributed by atoms with Gasteiger partial charge in [0.1, 0.15) is 0 Å². The fourth-order valence-corrected chi connectivity index (χ4v) is 2.92. The molecule has 2 aromatic rings. The largest absolute Gasteiger partial charge is 0.348 e. The van der Waals surface area contributed by atoms with E-state index in [-0.39, 0.29) is 24.4 Å². The summed E-state index contributed by atoms with van der Waals surface area (Å²) in [6, 6.07) is 18.6. The normalized spacial score (nSPS) is 16.6. The third-order valence-corrected chi connectivity index (χ3v) is 4.18. The second-order valence-corrected chi connectivity index (χ2v) is 5.81. The molecule has 1 unspecified atom stereocenters. The lowest BCUT2D eigenvalue weighted by Crippen LogP contribution is -2.36. The summed E-state index contributed by atoms with van der Waals surface area (Å²) >= 11 is 0. The molecular formula is C19H23ClN2O. The van der Waals surface area contributed by atoms with Crippen molar-refractivity contribution in [2.24, 2.45) is 0 Å². The molecule has 4 heteroatoms. The number of benzene rings is 2. The minimum absolute atomic E-state index is 0. The average molecular weight is 331 g/mol. The zero-order valence-corrected chi connectivity index (χ0v) is 13.9. The van der Waals surface area contributed by atoms with Crippen LogP contribution in [0.4, 0.5) is 0 Å². The van der Waals surface area contributed by atoms with E-state index in [0.717, 1.165) is 43.5 Å². The highest BCUT2D eigenvalue weighted by Gasteiger charge is 2.18. The summed E-state index contributed by atoms with van der Waals surface area (Å²) in [6.45, 7) is 1.86. The van der Waals surface area contributed by atoms with Gasteiger partial charge in [-0.2, -0.15) is 0 Å². The highest BCUT2D eigenvalue weighted by atomic mass is 35.5. The van der Waals surface area contributed by atoms with E-state index in [1.165, 1.54) is 5.56 Å². The van der Waals surface area contributed by atoms with E-state index in [0.29, 0.717) is 0 Å². The van der Waals surface area contributed by atoms with Gasteiger partial charge in [-0.25, -0.2) is 0 Å². The van der Waals surface area contributed by atoms with E-state index in [4.69, 9.17) is 0 Å². The van der Waals surface area contributed by atoms with E-state index in [1.54, 1.807) is 0 Å². The monoisotopic (exact) mass is 330 g/mol. The van der Waals surface area contributed by atoms with Crippen LogP contribution in [0, 0.1) is 0 Å². The number of aryl methyl sites for hydroxylation is 2. The fraction of sp³-hybridized carbons (Fsp3) is 0.316. The Bertz CT molecular complexity index is 624. The number of halogens is 1. The molecule has 0 bridgehead atoms. The molecule has 3 rings (SSSR count). The maximum atomic E-state index is 12.5. The van der Waals surface area contributed by atoms with Crippen molar-refractivity contribution in [3.05, 3.63) is 71.3 Å². The highest BCUT2D eigenvalue weighted by molar-refractivity contribution is 5.95. The highest BCUT2D eigenvalue weighted by Crippen LogP contribution is 2.13. The van der Waals surface area contributed by atoms with Crippen LogP contribution in [0.1, 0.15) is 27.9 Å². The molecular weight excluding hydrogens is 308 g/mol. The molecule has 0 radical (unpaired) electrons. The van der Waals surface area contributed by atoms with Gasteiger partial charge < -0.3 is 10.6 Å². The lowest BCUT2D eigenvalue weighted by atomic mass is 9.99. The van der Waals surface area contributed by atoms with Crippen molar-refractivity contribution in [1.82, 2.24) is 10.6 Å². The predicted octanol–water partition coefficient (Wildman–Crippen LogP) is 2.99. The molecule has 0 aromatic heterocycles. The van der Waals surface area contributed by atoms with Crippen LogP contribution in [-0.4, -0.2) is 25.0 Å². The van der Waals surface area contributed by atoms with Crippen LogP contribution >= 0.6 is 12.4 Å². The number of nitrogens with one attached hydrogen (secondary N) is 2. The average Bonchev–Trinajstić information content (AvgIpc) is 3.07. The maximum Gasteiger partial charge on any atom is 0.251 e. The summed E-state index contributed by atoms with van der Waals surface area (Å²) in [5.74, 6) is 0.0531. The topological polar surface area (TPSA) is 41.1 Å². The minimum atomic E-state index is 0. The first kappa shape index (κ1) is 17.5. The van der Waals surface area contributed by atoms with E-state index in [2.05, 4.69) is 41.0 Å². The molecule has 122 valence electrons. The molecule has 1 atom stereocenters. The van der Waals surface area contributed by atoms with Crippen molar-refractivity contribution in [2.75, 3.05) is 13.1 Å².